The van der Waals surface area contributed by atoms with Gasteiger partial charge in [-0.2, -0.15) is 0 Å². The summed E-state index contributed by atoms with van der Waals surface area (Å²) in [5.41, 5.74) is 9.94. The molecule has 18 heteroatoms. The molecule has 3 aliphatic rings. The van der Waals surface area contributed by atoms with Gasteiger partial charge < -0.3 is 80.2 Å². The summed E-state index contributed by atoms with van der Waals surface area (Å²) in [6.07, 6.45) is -17.7. The van der Waals surface area contributed by atoms with E-state index in [4.69, 9.17) is 80.2 Å². The van der Waals surface area contributed by atoms with Crippen molar-refractivity contribution >= 4 is 18.7 Å². The maximum Gasteiger partial charge on any atom is 0.261 e. The highest BCUT2D eigenvalue weighted by molar-refractivity contribution is 6.99. The smallest absolute Gasteiger partial charge is 0.261 e. The van der Waals surface area contributed by atoms with Gasteiger partial charge in [0, 0.05) is 0 Å². The van der Waals surface area contributed by atoms with Crippen molar-refractivity contribution < 1.29 is 80.2 Å². The summed E-state index contributed by atoms with van der Waals surface area (Å²) < 4.78 is 130. The van der Waals surface area contributed by atoms with Crippen molar-refractivity contribution in [2.24, 2.45) is 0 Å². The lowest BCUT2D eigenvalue weighted by molar-refractivity contribution is -0.384. The lowest BCUT2D eigenvalue weighted by Crippen LogP contribution is -2.71. The third-order valence-corrected chi connectivity index (χ3v) is 29.2. The van der Waals surface area contributed by atoms with Crippen LogP contribution in [-0.2, 0) is 148 Å². The van der Waals surface area contributed by atoms with E-state index in [1.54, 1.807) is 7.11 Å². The Labute approximate surface area is 766 Å². The predicted octanol–water partition coefficient (Wildman–Crippen LogP) is 19.9. The molecule has 0 N–H and O–H groups in total. The molecule has 0 radical (unpaired) electrons. The molecule has 0 amide bonds. The molecule has 16 rings (SSSR count). The molecule has 2 saturated heterocycles. The molecule has 1 saturated carbocycles. The van der Waals surface area contributed by atoms with E-state index in [-0.39, 0.29) is 85.9 Å². The van der Waals surface area contributed by atoms with Gasteiger partial charge in [0.05, 0.1) is 93.0 Å². The second-order valence-corrected chi connectivity index (χ2v) is 38.5. The summed E-state index contributed by atoms with van der Waals surface area (Å²) >= 11 is 0. The van der Waals surface area contributed by atoms with Crippen molar-refractivity contribution in [1.82, 2.24) is 0 Å². The molecule has 16 atom stereocenters. The molecule has 0 bridgehead atoms. The van der Waals surface area contributed by atoms with Crippen molar-refractivity contribution in [2.45, 2.75) is 197 Å². The lowest BCUT2D eigenvalue weighted by atomic mass is 9.83. The second kappa shape index (κ2) is 47.4. The Kier molecular flexibility index (Phi) is 33.7. The maximum absolute atomic E-state index is 8.48. The van der Waals surface area contributed by atoms with Gasteiger partial charge in [-0.3, -0.25) is 0 Å². The summed E-state index contributed by atoms with van der Waals surface area (Å²) in [4.78, 5) is 0. The van der Waals surface area contributed by atoms with E-state index >= 15 is 0 Å². The van der Waals surface area contributed by atoms with Crippen molar-refractivity contribution in [2.75, 3.05) is 20.3 Å². The van der Waals surface area contributed by atoms with Gasteiger partial charge in [0.2, 0.25) is 0 Å². The van der Waals surface area contributed by atoms with Crippen LogP contribution in [-0.4, -0.2) is 127 Å². The van der Waals surface area contributed by atoms with Crippen LogP contribution in [0, 0.1) is 0 Å². The Morgan fingerprint density at radius 2 is 0.431 bits per heavy atom. The molecule has 1 unspecified atom stereocenters. The zero-order chi connectivity index (χ0) is 88.8. The van der Waals surface area contributed by atoms with Gasteiger partial charge in [0.1, 0.15) is 91.2 Å². The van der Waals surface area contributed by atoms with Crippen LogP contribution in [0.15, 0.2) is 388 Å². The highest BCUT2D eigenvalue weighted by Gasteiger charge is 2.61. The van der Waals surface area contributed by atoms with Crippen LogP contribution in [0.5, 0.6) is 5.75 Å². The van der Waals surface area contributed by atoms with Crippen molar-refractivity contribution in [3.63, 3.8) is 0 Å². The van der Waals surface area contributed by atoms with Gasteiger partial charge in [-0.1, -0.05) is 397 Å². The van der Waals surface area contributed by atoms with E-state index in [1.807, 2.05) is 291 Å². The Hall–Kier alpha value is -10.8. The van der Waals surface area contributed by atoms with E-state index in [0.29, 0.717) is 5.75 Å². The summed E-state index contributed by atoms with van der Waals surface area (Å²) in [6, 6.07) is 130. The average Bonchev–Trinajstić information content (AvgIpc) is 0.744. The summed E-state index contributed by atoms with van der Waals surface area (Å²) in [5, 5.41) is 1.69. The molecule has 13 aromatic rings. The molecule has 2 heterocycles. The van der Waals surface area contributed by atoms with E-state index in [0.717, 1.165) is 71.6 Å². The van der Waals surface area contributed by atoms with Crippen LogP contribution in [0.1, 0.15) is 82.0 Å². The third kappa shape index (κ3) is 24.9. The van der Waals surface area contributed by atoms with Crippen LogP contribution in [0.4, 0.5) is 0 Å². The first-order valence-corrected chi connectivity index (χ1v) is 47.1. The zero-order valence-corrected chi connectivity index (χ0v) is 75.3. The summed E-state index contributed by atoms with van der Waals surface area (Å²) in [6.45, 7) is 8.19. The molecule has 13 aromatic carbocycles. The zero-order valence-electron chi connectivity index (χ0n) is 74.3. The van der Waals surface area contributed by atoms with Crippen molar-refractivity contribution in [3.8, 4) is 5.75 Å². The Morgan fingerprint density at radius 3 is 0.692 bits per heavy atom. The van der Waals surface area contributed by atoms with Gasteiger partial charge in [-0.25, -0.2) is 0 Å². The molecule has 3 fully saturated rings. The third-order valence-electron chi connectivity index (χ3n) is 24.2. The Bertz CT molecular complexity index is 5310. The fourth-order valence-corrected chi connectivity index (χ4v) is 22.1. The number of rotatable bonds is 44. The van der Waals surface area contributed by atoms with E-state index < -0.39 is 111 Å². The molecule has 130 heavy (non-hydrogen) atoms. The topological polar surface area (TPSA) is 157 Å². The number of methoxy groups -OCH3 is 1. The van der Waals surface area contributed by atoms with Gasteiger partial charge in [-0.15, -0.1) is 0 Å². The number of hydrogen-bond acceptors (Lipinski definition) is 17. The molecular weight excluding hydrogens is 1650 g/mol. The SMILES string of the molecule is COc1ccc(CO[C@@H]2[C@H](O[C@H]3O[C@H](CO[Si](c4ccccc4)(c4ccccc4)C(C)(C)C)[C@@H](OCc4ccccc4)[C@H](OCc4ccccc4)[C@@H]3OCc3ccccc3)[C@H](OCc3ccccc3)C(OCc3ccccc3)[C@H](OCc3ccccc3)[C@H]2O[C@H]2O[C@H](COCc3ccccc3)[C@@H](OCc3ccccc3)[C@H](OCc3ccccc3)[C@@H]2OCc2ccccc2)cc1. The van der Waals surface area contributed by atoms with Gasteiger partial charge in [0.25, 0.3) is 8.32 Å². The molecule has 0 aromatic heterocycles. The van der Waals surface area contributed by atoms with Crippen molar-refractivity contribution in [3.05, 3.63) is 449 Å². The van der Waals surface area contributed by atoms with E-state index in [2.05, 4.69) is 118 Å². The van der Waals surface area contributed by atoms with Gasteiger partial charge >= 0.3 is 0 Å². The monoisotopic (exact) mass is 1760 g/mol. The largest absolute Gasteiger partial charge is 0.497 e. The average molecular weight is 1760 g/mol. The minimum absolute atomic E-state index is 0.00761. The van der Waals surface area contributed by atoms with Crippen LogP contribution >= 0.6 is 0 Å². The van der Waals surface area contributed by atoms with E-state index in [1.165, 1.54) is 0 Å². The number of hydrogen-bond donors (Lipinski definition) is 0. The highest BCUT2D eigenvalue weighted by Crippen LogP contribution is 2.44. The molecule has 0 spiro atoms. The first kappa shape index (κ1) is 92.5. The molecule has 17 nitrogen and oxygen atoms in total. The van der Waals surface area contributed by atoms with Crippen molar-refractivity contribution in [1.29, 1.82) is 0 Å². The maximum atomic E-state index is 8.48. The summed E-state index contributed by atoms with van der Waals surface area (Å²) in [7, 11) is -1.76. The number of benzene rings is 13. The molecule has 672 valence electrons. The van der Waals surface area contributed by atoms with Crippen LogP contribution in [0.25, 0.3) is 0 Å². The van der Waals surface area contributed by atoms with E-state index in [9.17, 15) is 0 Å². The summed E-state index contributed by atoms with van der Waals surface area (Å²) in [5.74, 6) is 0.666. The Morgan fingerprint density at radius 1 is 0.223 bits per heavy atom. The number of ether oxygens (including phenoxy) is 16. The van der Waals surface area contributed by atoms with Crippen LogP contribution in [0.2, 0.25) is 5.04 Å². The minimum Gasteiger partial charge on any atom is -0.497 e. The molecule has 2 aliphatic heterocycles. The molecular formula is C112H118O17Si. The highest BCUT2D eigenvalue weighted by atomic mass is 28.4. The van der Waals surface area contributed by atoms with Gasteiger partial charge in [-0.05, 0) is 88.7 Å². The Balaban J connectivity index is 0.911. The second-order valence-electron chi connectivity index (χ2n) is 34.2. The minimum atomic E-state index is -3.42. The fraction of sp³-hybridized carbons (Fsp3) is 0.304. The quantitative estimate of drug-likeness (QED) is 0.0332. The molecule has 1 aliphatic carbocycles. The van der Waals surface area contributed by atoms with Crippen LogP contribution < -0.4 is 15.1 Å². The first-order chi connectivity index (χ1) is 64.0. The van der Waals surface area contributed by atoms with Crippen LogP contribution in [0.3, 0.4) is 0 Å². The lowest BCUT2D eigenvalue weighted by Gasteiger charge is -2.54. The fourth-order valence-electron chi connectivity index (χ4n) is 17.5. The first-order valence-electron chi connectivity index (χ1n) is 45.2. The van der Waals surface area contributed by atoms with Gasteiger partial charge in [0.15, 0.2) is 12.6 Å². The standard InChI is InChI=1S/C112H118O17Si/c1-112(2,3)130(94-61-37-15-38-62-94,95-63-39-16-40-64-95)125-81-97-99(116-71-84-45-21-7-22-46-84)101(118-73-86-49-25-9-26-50-86)109(124-78-91-59-35-14-36-60-91)111(127-97)129-107-104(121-76-89-55-31-12-32-56-89)102(119-74-87-51-27-10-28-52-87)103(120-75-88-53-29-11-30-54-88)106(105(107)122-79-92-65-67-93(113-4)68-66-92)128-110-108(123-77-90-57-33-13-34-58-90)100(117-72-85-47-23-8-24-48-85)98(115-70-83-43-19-6-20-44-83)96(126-110)80-114-69-82-41-17-5-18-42-82/h5-68,96-111H,69-81H2,1-4H3/t96-,97-,98-,99-,100+,101+,102?,103+,104-,105+,106-,107-,108+,109+,110-,111-/m1/s1. The predicted molar refractivity (Wildman–Crippen MR) is 503 cm³/mol. The normalized spacial score (nSPS) is 22.9.